The first-order chi connectivity index (χ1) is 7.54. The van der Waals surface area contributed by atoms with Crippen molar-refractivity contribution in [2.75, 3.05) is 0 Å². The fourth-order valence-corrected chi connectivity index (χ4v) is 2.01. The zero-order valence-corrected chi connectivity index (χ0v) is 9.44. The molecule has 9 heteroatoms. The summed E-state index contributed by atoms with van der Waals surface area (Å²) in [5, 5.41) is 5.63. The van der Waals surface area contributed by atoms with Crippen molar-refractivity contribution < 1.29 is 23.4 Å². The van der Waals surface area contributed by atoms with Gasteiger partial charge in [0.25, 0.3) is 0 Å². The van der Waals surface area contributed by atoms with E-state index in [0.29, 0.717) is 16.5 Å². The molecule has 2 aromatic rings. The predicted molar refractivity (Wildman–Crippen MR) is 50.0 cm³/mol. The lowest BCUT2D eigenvalue weighted by Gasteiger charge is -2.27. The molecule has 0 radical (unpaired) electrons. The molecule has 7 nitrogen and oxygen atoms in total. The monoisotopic (exact) mass is 260 g/mol. The van der Waals surface area contributed by atoms with E-state index in [0.717, 1.165) is 0 Å². The Morgan fingerprint density at radius 3 is 3.00 bits per heavy atom. The summed E-state index contributed by atoms with van der Waals surface area (Å²) in [5.74, 6) is 0.476. The van der Waals surface area contributed by atoms with Crippen molar-refractivity contribution in [3.63, 3.8) is 0 Å². The van der Waals surface area contributed by atoms with Crippen LogP contribution in [0.3, 0.4) is 0 Å². The second-order valence-electron chi connectivity index (χ2n) is 2.74. The van der Waals surface area contributed by atoms with Gasteiger partial charge in [-0.15, -0.1) is 11.3 Å². The van der Waals surface area contributed by atoms with E-state index < -0.39 is 7.82 Å². The zero-order valence-electron chi connectivity index (χ0n) is 7.73. The molecule has 0 aromatic carbocycles. The molecule has 0 spiro atoms. The van der Waals surface area contributed by atoms with Crippen molar-refractivity contribution in [2.45, 2.75) is 6.61 Å². The first kappa shape index (κ1) is 11.4. The molecule has 86 valence electrons. The highest BCUT2D eigenvalue weighted by atomic mass is 32.1. The van der Waals surface area contributed by atoms with Gasteiger partial charge in [-0.25, -0.2) is 4.98 Å². The van der Waals surface area contributed by atoms with Crippen LogP contribution in [0.4, 0.5) is 0 Å². The van der Waals surface area contributed by atoms with Crippen LogP contribution in [0.1, 0.15) is 5.69 Å². The number of aromatic nitrogens is 2. The maximum absolute atomic E-state index is 10.2. The third-order valence-electron chi connectivity index (χ3n) is 1.57. The van der Waals surface area contributed by atoms with E-state index in [2.05, 4.69) is 14.7 Å². The molecule has 0 aliphatic heterocycles. The van der Waals surface area contributed by atoms with E-state index in [9.17, 15) is 14.4 Å². The summed E-state index contributed by atoms with van der Waals surface area (Å²) in [4.78, 5) is 24.5. The second-order valence-corrected chi connectivity index (χ2v) is 4.75. The predicted octanol–water partition coefficient (Wildman–Crippen LogP) is 0.143. The minimum absolute atomic E-state index is 0.350. The fraction of sp³-hybridized carbons (Fsp3) is 0.143. The Hall–Kier alpha value is -1.05. The van der Waals surface area contributed by atoms with Crippen LogP contribution in [0.5, 0.6) is 0 Å². The van der Waals surface area contributed by atoms with Crippen LogP contribution in [0.2, 0.25) is 0 Å². The molecule has 0 fully saturated rings. The SMILES string of the molecule is O=P([O-])([O-])OCc1csc(-c2ccno2)n1. The maximum Gasteiger partial charge on any atom is 0.195 e. The Bertz CT molecular complexity index is 505. The normalized spacial score (nSPS) is 11.9. The van der Waals surface area contributed by atoms with Gasteiger partial charge in [-0.1, -0.05) is 5.16 Å². The van der Waals surface area contributed by atoms with Crippen molar-refractivity contribution >= 4 is 19.2 Å². The molecular weight excluding hydrogens is 255 g/mol. The Labute approximate surface area is 93.9 Å². The standard InChI is InChI=1S/C7H7N2O5PS/c10-15(11,12)13-3-5-4-16-7(9-5)6-1-2-8-14-6/h1-2,4H,3H2,(H2,10,11,12)/p-2. The minimum Gasteiger partial charge on any atom is -0.790 e. The van der Waals surface area contributed by atoms with Crippen LogP contribution < -0.4 is 9.79 Å². The number of phosphoric acid groups is 1. The van der Waals surface area contributed by atoms with Gasteiger partial charge in [0.1, 0.15) is 0 Å². The Morgan fingerprint density at radius 1 is 1.56 bits per heavy atom. The Kier molecular flexibility index (Phi) is 3.17. The zero-order chi connectivity index (χ0) is 11.6. The minimum atomic E-state index is -4.95. The van der Waals surface area contributed by atoms with Crippen molar-refractivity contribution in [1.82, 2.24) is 10.1 Å². The molecule has 0 N–H and O–H groups in total. The highest BCUT2D eigenvalue weighted by molar-refractivity contribution is 7.43. The molecule has 0 aliphatic rings. The van der Waals surface area contributed by atoms with Crippen LogP contribution in [-0.4, -0.2) is 10.1 Å². The number of thiazole rings is 1. The molecule has 0 saturated heterocycles. The summed E-state index contributed by atoms with van der Waals surface area (Å²) in [7, 11) is -4.95. The molecule has 0 saturated carbocycles. The summed E-state index contributed by atoms with van der Waals surface area (Å²) in [6.45, 7) is -0.366. The molecule has 0 bridgehead atoms. The van der Waals surface area contributed by atoms with Gasteiger partial charge in [0.15, 0.2) is 10.8 Å². The van der Waals surface area contributed by atoms with Gasteiger partial charge in [0.05, 0.1) is 26.3 Å². The Balaban J connectivity index is 2.06. The van der Waals surface area contributed by atoms with Gasteiger partial charge < -0.3 is 23.4 Å². The molecule has 2 aromatic heterocycles. The van der Waals surface area contributed by atoms with Gasteiger partial charge in [-0.2, -0.15) is 0 Å². The summed E-state index contributed by atoms with van der Waals surface area (Å²) in [6.07, 6.45) is 1.47. The van der Waals surface area contributed by atoms with Crippen LogP contribution in [0, 0.1) is 0 Å². The largest absolute Gasteiger partial charge is 0.790 e. The van der Waals surface area contributed by atoms with Crippen molar-refractivity contribution in [3.05, 3.63) is 23.3 Å². The van der Waals surface area contributed by atoms with E-state index in [1.807, 2.05) is 0 Å². The summed E-state index contributed by atoms with van der Waals surface area (Å²) in [6, 6.07) is 1.62. The summed E-state index contributed by atoms with van der Waals surface area (Å²) in [5.41, 5.74) is 0.350. The van der Waals surface area contributed by atoms with Crippen LogP contribution in [-0.2, 0) is 15.7 Å². The molecule has 0 aliphatic carbocycles. The highest BCUT2D eigenvalue weighted by Gasteiger charge is 2.08. The average Bonchev–Trinajstić information content (AvgIpc) is 2.84. The van der Waals surface area contributed by atoms with Crippen molar-refractivity contribution in [1.29, 1.82) is 0 Å². The van der Waals surface area contributed by atoms with Crippen molar-refractivity contribution in [2.24, 2.45) is 0 Å². The van der Waals surface area contributed by atoms with E-state index in [-0.39, 0.29) is 6.61 Å². The maximum atomic E-state index is 10.2. The lowest BCUT2D eigenvalue weighted by atomic mass is 10.5. The number of nitrogens with zero attached hydrogens (tertiary/aromatic N) is 2. The van der Waals surface area contributed by atoms with E-state index >= 15 is 0 Å². The lowest BCUT2D eigenvalue weighted by Crippen LogP contribution is -2.16. The van der Waals surface area contributed by atoms with Gasteiger partial charge in [0.2, 0.25) is 0 Å². The summed E-state index contributed by atoms with van der Waals surface area (Å²) < 4.78 is 19.2. The quantitative estimate of drug-likeness (QED) is 0.719. The first-order valence-electron chi connectivity index (χ1n) is 4.07. The van der Waals surface area contributed by atoms with Gasteiger partial charge >= 0.3 is 0 Å². The molecule has 0 unspecified atom stereocenters. The molecule has 0 amide bonds. The summed E-state index contributed by atoms with van der Waals surface area (Å²) >= 11 is 1.24. The average molecular weight is 260 g/mol. The van der Waals surface area contributed by atoms with Gasteiger partial charge in [-0.05, 0) is 0 Å². The number of rotatable bonds is 4. The third-order valence-corrected chi connectivity index (χ3v) is 2.92. The fourth-order valence-electron chi connectivity index (χ4n) is 0.958. The van der Waals surface area contributed by atoms with E-state index in [4.69, 9.17) is 4.52 Å². The lowest BCUT2D eigenvalue weighted by molar-refractivity contribution is -0.342. The van der Waals surface area contributed by atoms with Gasteiger partial charge in [-0.3, -0.25) is 0 Å². The number of phosphoric ester groups is 1. The van der Waals surface area contributed by atoms with Crippen molar-refractivity contribution in [3.8, 4) is 10.8 Å². The number of hydrogen-bond donors (Lipinski definition) is 0. The third kappa shape index (κ3) is 2.97. The van der Waals surface area contributed by atoms with Crippen LogP contribution in [0.15, 0.2) is 22.2 Å². The molecule has 2 heterocycles. The topological polar surface area (TPSA) is 111 Å². The van der Waals surface area contributed by atoms with E-state index in [1.165, 1.54) is 17.5 Å². The first-order valence-corrected chi connectivity index (χ1v) is 6.41. The molecule has 16 heavy (non-hydrogen) atoms. The van der Waals surface area contributed by atoms with Crippen LogP contribution in [0.25, 0.3) is 10.8 Å². The molecule has 2 rings (SSSR count). The number of hydrogen-bond acceptors (Lipinski definition) is 8. The smallest absolute Gasteiger partial charge is 0.195 e. The highest BCUT2D eigenvalue weighted by Crippen LogP contribution is 2.28. The van der Waals surface area contributed by atoms with Crippen LogP contribution >= 0.6 is 19.2 Å². The Morgan fingerprint density at radius 2 is 2.38 bits per heavy atom. The second kappa shape index (κ2) is 4.44. The molecule has 0 atom stereocenters. The van der Waals surface area contributed by atoms with E-state index in [1.54, 1.807) is 11.4 Å². The van der Waals surface area contributed by atoms with Gasteiger partial charge in [0, 0.05) is 11.4 Å². The molecular formula is C7H5N2O5PS-2.